The zero-order chi connectivity index (χ0) is 14.0. The number of rotatable bonds is 3. The van der Waals surface area contributed by atoms with Gasteiger partial charge in [0.25, 0.3) is 0 Å². The molecule has 2 aromatic rings. The second kappa shape index (κ2) is 5.11. The second-order valence-corrected chi connectivity index (χ2v) is 4.53. The molecule has 0 aliphatic heterocycles. The molecule has 0 aliphatic rings. The van der Waals surface area contributed by atoms with E-state index in [2.05, 4.69) is 9.97 Å². The van der Waals surface area contributed by atoms with Crippen LogP contribution in [-0.4, -0.2) is 21.0 Å². The van der Waals surface area contributed by atoms with E-state index < -0.39 is 17.3 Å². The van der Waals surface area contributed by atoms with Gasteiger partial charge in [0.1, 0.15) is 23.0 Å². The minimum atomic E-state index is -1.36. The highest BCUT2D eigenvalue weighted by Gasteiger charge is 2.17. The smallest absolute Gasteiger partial charge is 0.339 e. The number of nitrogen functional groups attached to an aromatic ring is 2. The number of nitrogens with two attached hydrogens (primary N) is 2. The van der Waals surface area contributed by atoms with Gasteiger partial charge in [-0.05, 0) is 23.9 Å². The van der Waals surface area contributed by atoms with E-state index in [1.165, 1.54) is 18.2 Å². The maximum atomic E-state index is 13.5. The highest BCUT2D eigenvalue weighted by atomic mass is 32.2. The third kappa shape index (κ3) is 2.91. The molecular weight excluding hydrogens is 271 g/mol. The summed E-state index contributed by atoms with van der Waals surface area (Å²) in [5, 5.41) is 9.15. The molecule has 1 aromatic carbocycles. The Bertz CT molecular complexity index is 630. The molecule has 0 unspecified atom stereocenters. The van der Waals surface area contributed by atoms with Gasteiger partial charge in [0.2, 0.25) is 0 Å². The predicted octanol–water partition coefficient (Wildman–Crippen LogP) is 1.63. The topological polar surface area (TPSA) is 115 Å². The minimum absolute atomic E-state index is 0.156. The summed E-state index contributed by atoms with van der Waals surface area (Å²) in [5.74, 6) is -1.88. The first-order chi connectivity index (χ1) is 8.97. The number of anilines is 2. The summed E-state index contributed by atoms with van der Waals surface area (Å²) in [7, 11) is 0. The van der Waals surface area contributed by atoms with Crippen molar-refractivity contribution in [2.75, 3.05) is 11.5 Å². The monoisotopic (exact) mass is 280 g/mol. The zero-order valence-electron chi connectivity index (χ0n) is 9.50. The zero-order valence-corrected chi connectivity index (χ0v) is 10.3. The van der Waals surface area contributed by atoms with Crippen molar-refractivity contribution in [2.45, 2.75) is 10.1 Å². The Morgan fingerprint density at radius 1 is 1.26 bits per heavy atom. The number of carboxylic acids is 1. The van der Waals surface area contributed by atoms with Crippen LogP contribution in [0.15, 0.2) is 34.3 Å². The molecule has 0 saturated heterocycles. The summed E-state index contributed by atoms with van der Waals surface area (Å²) < 4.78 is 13.5. The molecule has 5 N–H and O–H groups in total. The molecule has 0 radical (unpaired) electrons. The first-order valence-corrected chi connectivity index (χ1v) is 5.88. The largest absolute Gasteiger partial charge is 0.478 e. The van der Waals surface area contributed by atoms with Crippen LogP contribution in [0.4, 0.5) is 16.0 Å². The Morgan fingerprint density at radius 2 is 1.89 bits per heavy atom. The first kappa shape index (κ1) is 13.1. The lowest BCUT2D eigenvalue weighted by Gasteiger charge is -2.06. The van der Waals surface area contributed by atoms with Crippen molar-refractivity contribution in [3.63, 3.8) is 0 Å². The number of halogens is 1. The van der Waals surface area contributed by atoms with E-state index in [-0.39, 0.29) is 21.7 Å². The van der Waals surface area contributed by atoms with Crippen LogP contribution in [0.25, 0.3) is 0 Å². The van der Waals surface area contributed by atoms with E-state index >= 15 is 0 Å². The quantitative estimate of drug-likeness (QED) is 0.732. The van der Waals surface area contributed by atoms with Crippen LogP contribution in [0.5, 0.6) is 0 Å². The number of aromatic carboxylic acids is 1. The van der Waals surface area contributed by atoms with Gasteiger partial charge >= 0.3 is 5.97 Å². The van der Waals surface area contributed by atoms with Crippen molar-refractivity contribution in [3.8, 4) is 0 Å². The molecule has 98 valence electrons. The van der Waals surface area contributed by atoms with Crippen molar-refractivity contribution >= 4 is 29.4 Å². The maximum Gasteiger partial charge on any atom is 0.339 e. The third-order valence-corrected chi connectivity index (χ3v) is 3.06. The Kier molecular flexibility index (Phi) is 3.52. The molecule has 8 heteroatoms. The van der Waals surface area contributed by atoms with E-state index in [0.717, 1.165) is 17.8 Å². The van der Waals surface area contributed by atoms with Crippen molar-refractivity contribution < 1.29 is 14.3 Å². The molecule has 19 heavy (non-hydrogen) atoms. The van der Waals surface area contributed by atoms with Crippen molar-refractivity contribution in [2.24, 2.45) is 0 Å². The first-order valence-electron chi connectivity index (χ1n) is 5.07. The number of hydrogen-bond acceptors (Lipinski definition) is 6. The number of carbonyl (C=O) groups is 1. The summed E-state index contributed by atoms with van der Waals surface area (Å²) in [6.45, 7) is 0. The molecule has 0 fully saturated rings. The maximum absolute atomic E-state index is 13.5. The van der Waals surface area contributed by atoms with Gasteiger partial charge in [-0.1, -0.05) is 6.07 Å². The minimum Gasteiger partial charge on any atom is -0.478 e. The van der Waals surface area contributed by atoms with Crippen LogP contribution >= 0.6 is 11.8 Å². The third-order valence-electron chi connectivity index (χ3n) is 2.14. The molecule has 0 aliphatic carbocycles. The van der Waals surface area contributed by atoms with E-state index in [1.807, 2.05) is 0 Å². The summed E-state index contributed by atoms with van der Waals surface area (Å²) in [6, 6.07) is 5.30. The summed E-state index contributed by atoms with van der Waals surface area (Å²) >= 11 is 0.882. The molecule has 2 rings (SSSR count). The summed E-state index contributed by atoms with van der Waals surface area (Å²) in [6.07, 6.45) is 0. The Morgan fingerprint density at radius 3 is 2.47 bits per heavy atom. The lowest BCUT2D eigenvalue weighted by Crippen LogP contribution is -2.04. The standard InChI is InChI=1S/C11H9FN4O2S/c12-5-2-1-3-6(9(5)10(17)18)19-11-15-7(13)4-8(14)16-11/h1-4H,(H,17,18)(H4,13,14,15,16). The van der Waals surface area contributed by atoms with E-state index in [4.69, 9.17) is 16.6 Å². The van der Waals surface area contributed by atoms with Gasteiger partial charge in [0.15, 0.2) is 5.16 Å². The van der Waals surface area contributed by atoms with Crippen LogP contribution in [0.1, 0.15) is 10.4 Å². The molecule has 0 spiro atoms. The fourth-order valence-electron chi connectivity index (χ4n) is 1.40. The fourth-order valence-corrected chi connectivity index (χ4v) is 2.34. The van der Waals surface area contributed by atoms with Crippen molar-refractivity contribution in [1.82, 2.24) is 9.97 Å². The summed E-state index contributed by atoms with van der Waals surface area (Å²) in [4.78, 5) is 19.0. The van der Waals surface area contributed by atoms with E-state index in [1.54, 1.807) is 0 Å². The Hall–Kier alpha value is -2.35. The lowest BCUT2D eigenvalue weighted by molar-refractivity contribution is 0.0688. The van der Waals surface area contributed by atoms with Crippen LogP contribution in [0, 0.1) is 5.82 Å². The van der Waals surface area contributed by atoms with Gasteiger partial charge < -0.3 is 16.6 Å². The fraction of sp³-hybridized carbons (Fsp3) is 0. The van der Waals surface area contributed by atoms with Gasteiger partial charge in [0.05, 0.1) is 0 Å². The van der Waals surface area contributed by atoms with E-state index in [9.17, 15) is 9.18 Å². The van der Waals surface area contributed by atoms with Gasteiger partial charge in [-0.15, -0.1) is 0 Å². The SMILES string of the molecule is Nc1cc(N)nc(Sc2cccc(F)c2C(=O)O)n1. The van der Waals surface area contributed by atoms with Gasteiger partial charge in [-0.2, -0.15) is 0 Å². The van der Waals surface area contributed by atoms with Crippen LogP contribution < -0.4 is 11.5 Å². The van der Waals surface area contributed by atoms with Crippen molar-refractivity contribution in [1.29, 1.82) is 0 Å². The highest BCUT2D eigenvalue weighted by Crippen LogP contribution is 2.30. The molecule has 0 atom stereocenters. The molecule has 1 heterocycles. The number of aromatic nitrogens is 2. The average molecular weight is 280 g/mol. The van der Waals surface area contributed by atoms with E-state index in [0.29, 0.717) is 0 Å². The Balaban J connectivity index is 2.43. The molecule has 6 nitrogen and oxygen atoms in total. The number of hydrogen-bond donors (Lipinski definition) is 3. The van der Waals surface area contributed by atoms with Crippen molar-refractivity contribution in [3.05, 3.63) is 35.6 Å². The molecule has 0 bridgehead atoms. The molecule has 1 aromatic heterocycles. The Labute approximate surface area is 111 Å². The predicted molar refractivity (Wildman–Crippen MR) is 68.3 cm³/mol. The van der Waals surface area contributed by atoms with Crippen LogP contribution in [0.3, 0.4) is 0 Å². The molecule has 0 saturated carbocycles. The molecule has 0 amide bonds. The molecular formula is C11H9FN4O2S. The van der Waals surface area contributed by atoms with Gasteiger partial charge in [-0.25, -0.2) is 19.2 Å². The average Bonchev–Trinajstić information content (AvgIpc) is 2.26. The number of benzene rings is 1. The van der Waals surface area contributed by atoms with Crippen LogP contribution in [0.2, 0.25) is 0 Å². The number of carboxylic acid groups (broad SMARTS) is 1. The van der Waals surface area contributed by atoms with Crippen LogP contribution in [-0.2, 0) is 0 Å². The normalized spacial score (nSPS) is 10.4. The summed E-state index contributed by atoms with van der Waals surface area (Å²) in [5.41, 5.74) is 10.6. The van der Waals surface area contributed by atoms with Gasteiger partial charge in [0, 0.05) is 11.0 Å². The van der Waals surface area contributed by atoms with Gasteiger partial charge in [-0.3, -0.25) is 0 Å². The second-order valence-electron chi connectivity index (χ2n) is 3.52. The number of nitrogens with zero attached hydrogens (tertiary/aromatic N) is 2. The highest BCUT2D eigenvalue weighted by molar-refractivity contribution is 7.99. The lowest BCUT2D eigenvalue weighted by atomic mass is 10.2.